The highest BCUT2D eigenvalue weighted by atomic mass is 32.1. The first-order chi connectivity index (χ1) is 9.47. The molecule has 0 aromatic carbocycles. The number of nitrogens with two attached hydrogens (primary N) is 1. The van der Waals surface area contributed by atoms with Crippen LogP contribution in [0.25, 0.3) is 0 Å². The van der Waals surface area contributed by atoms with Gasteiger partial charge in [-0.2, -0.15) is 0 Å². The average molecular weight is 287 g/mol. The Bertz CT molecular complexity index is 637. The van der Waals surface area contributed by atoms with Gasteiger partial charge in [0.2, 0.25) is 0 Å². The maximum absolute atomic E-state index is 5.78. The summed E-state index contributed by atoms with van der Waals surface area (Å²) in [5, 5.41) is 3.30. The van der Waals surface area contributed by atoms with E-state index in [1.165, 1.54) is 0 Å². The zero-order valence-corrected chi connectivity index (χ0v) is 12.6. The van der Waals surface area contributed by atoms with Gasteiger partial charge < -0.3 is 11.1 Å². The molecule has 2 aromatic rings. The number of rotatable bonds is 4. The molecular formula is C14H17N5S. The SMILES string of the molecule is Cc1cnc(CNc2cc(C)nc(C)c2C(N)=S)cn1. The number of nitrogens with one attached hydrogen (secondary N) is 1. The van der Waals surface area contributed by atoms with Gasteiger partial charge in [0.25, 0.3) is 0 Å². The number of hydrogen-bond acceptors (Lipinski definition) is 5. The van der Waals surface area contributed by atoms with Crippen LogP contribution in [0.2, 0.25) is 0 Å². The second-order valence-electron chi connectivity index (χ2n) is 4.64. The van der Waals surface area contributed by atoms with Crippen LogP contribution in [-0.4, -0.2) is 19.9 Å². The molecule has 0 saturated heterocycles. The Balaban J connectivity index is 2.24. The van der Waals surface area contributed by atoms with Gasteiger partial charge in [0.1, 0.15) is 4.99 Å². The van der Waals surface area contributed by atoms with Crippen LogP contribution >= 0.6 is 12.2 Å². The van der Waals surface area contributed by atoms with Crippen LogP contribution in [-0.2, 0) is 6.54 Å². The van der Waals surface area contributed by atoms with Crippen molar-refractivity contribution in [3.05, 3.63) is 46.8 Å². The van der Waals surface area contributed by atoms with Crippen LogP contribution in [0.4, 0.5) is 5.69 Å². The summed E-state index contributed by atoms with van der Waals surface area (Å²) in [7, 11) is 0. The van der Waals surface area contributed by atoms with Crippen LogP contribution in [0.5, 0.6) is 0 Å². The monoisotopic (exact) mass is 287 g/mol. The van der Waals surface area contributed by atoms with Gasteiger partial charge in [-0.05, 0) is 26.8 Å². The number of pyridine rings is 1. The third-order valence-corrected chi connectivity index (χ3v) is 3.07. The zero-order valence-electron chi connectivity index (χ0n) is 11.8. The first kappa shape index (κ1) is 14.3. The summed E-state index contributed by atoms with van der Waals surface area (Å²) in [6, 6.07) is 1.93. The van der Waals surface area contributed by atoms with Crippen molar-refractivity contribution in [2.45, 2.75) is 27.3 Å². The van der Waals surface area contributed by atoms with E-state index in [1.54, 1.807) is 12.4 Å². The maximum atomic E-state index is 5.78. The molecule has 2 rings (SSSR count). The summed E-state index contributed by atoms with van der Waals surface area (Å²) in [6.45, 7) is 6.31. The molecule has 0 saturated carbocycles. The van der Waals surface area contributed by atoms with E-state index in [9.17, 15) is 0 Å². The van der Waals surface area contributed by atoms with Crippen molar-refractivity contribution < 1.29 is 0 Å². The molecule has 20 heavy (non-hydrogen) atoms. The smallest absolute Gasteiger partial charge is 0.107 e. The minimum absolute atomic E-state index is 0.340. The van der Waals surface area contributed by atoms with E-state index < -0.39 is 0 Å². The lowest BCUT2D eigenvalue weighted by atomic mass is 10.1. The van der Waals surface area contributed by atoms with Crippen molar-refractivity contribution in [2.24, 2.45) is 5.73 Å². The minimum atomic E-state index is 0.340. The molecule has 104 valence electrons. The van der Waals surface area contributed by atoms with Crippen molar-refractivity contribution in [3.8, 4) is 0 Å². The van der Waals surface area contributed by atoms with E-state index in [-0.39, 0.29) is 0 Å². The Labute approximate surface area is 123 Å². The molecule has 3 N–H and O–H groups in total. The van der Waals surface area contributed by atoms with Crippen LogP contribution < -0.4 is 11.1 Å². The summed E-state index contributed by atoms with van der Waals surface area (Å²) in [5.74, 6) is 0. The molecule has 2 aromatic heterocycles. The van der Waals surface area contributed by atoms with Gasteiger partial charge in [0.05, 0.1) is 29.7 Å². The molecule has 0 atom stereocenters. The van der Waals surface area contributed by atoms with E-state index in [4.69, 9.17) is 18.0 Å². The van der Waals surface area contributed by atoms with E-state index in [2.05, 4.69) is 20.3 Å². The molecular weight excluding hydrogens is 270 g/mol. The lowest BCUT2D eigenvalue weighted by Crippen LogP contribution is -2.16. The zero-order chi connectivity index (χ0) is 14.7. The lowest BCUT2D eigenvalue weighted by Gasteiger charge is -2.14. The van der Waals surface area contributed by atoms with Crippen molar-refractivity contribution >= 4 is 22.9 Å². The molecule has 0 aliphatic heterocycles. The molecule has 0 aliphatic carbocycles. The van der Waals surface area contributed by atoms with Gasteiger partial charge in [-0.25, -0.2) is 0 Å². The Morgan fingerprint density at radius 2 is 1.95 bits per heavy atom. The number of nitrogens with zero attached hydrogens (tertiary/aromatic N) is 3. The molecule has 0 amide bonds. The molecule has 6 heteroatoms. The van der Waals surface area contributed by atoms with Crippen LogP contribution in [0.15, 0.2) is 18.5 Å². The van der Waals surface area contributed by atoms with E-state index >= 15 is 0 Å². The molecule has 0 spiro atoms. The number of hydrogen-bond donors (Lipinski definition) is 2. The highest BCUT2D eigenvalue weighted by Crippen LogP contribution is 2.20. The van der Waals surface area contributed by atoms with Crippen LogP contribution in [0.3, 0.4) is 0 Å². The minimum Gasteiger partial charge on any atom is -0.389 e. The van der Waals surface area contributed by atoms with Crippen molar-refractivity contribution in [3.63, 3.8) is 0 Å². The van der Waals surface area contributed by atoms with Gasteiger partial charge in [0, 0.05) is 23.3 Å². The fraction of sp³-hybridized carbons (Fsp3) is 0.286. The topological polar surface area (TPSA) is 76.7 Å². The Morgan fingerprint density at radius 1 is 1.20 bits per heavy atom. The van der Waals surface area contributed by atoms with E-state index in [1.807, 2.05) is 26.8 Å². The second-order valence-corrected chi connectivity index (χ2v) is 5.08. The Morgan fingerprint density at radius 3 is 2.55 bits per heavy atom. The largest absolute Gasteiger partial charge is 0.389 e. The van der Waals surface area contributed by atoms with Crippen LogP contribution in [0.1, 0.15) is 28.3 Å². The normalized spacial score (nSPS) is 10.3. The van der Waals surface area contributed by atoms with Crippen molar-refractivity contribution in [1.82, 2.24) is 15.0 Å². The predicted molar refractivity (Wildman–Crippen MR) is 83.7 cm³/mol. The Kier molecular flexibility index (Phi) is 4.24. The van der Waals surface area contributed by atoms with Gasteiger partial charge in [-0.15, -0.1) is 0 Å². The average Bonchev–Trinajstić information content (AvgIpc) is 2.36. The van der Waals surface area contributed by atoms with Gasteiger partial charge in [0.15, 0.2) is 0 Å². The molecule has 0 unspecified atom stereocenters. The number of anilines is 1. The molecule has 0 bridgehead atoms. The highest BCUT2D eigenvalue weighted by Gasteiger charge is 2.11. The quantitative estimate of drug-likeness (QED) is 0.838. The third-order valence-electron chi connectivity index (χ3n) is 2.87. The molecule has 0 fully saturated rings. The van der Waals surface area contributed by atoms with E-state index in [0.29, 0.717) is 11.5 Å². The first-order valence-corrected chi connectivity index (χ1v) is 6.67. The summed E-state index contributed by atoms with van der Waals surface area (Å²) in [5.41, 5.74) is 10.9. The lowest BCUT2D eigenvalue weighted by molar-refractivity contribution is 0.980. The standard InChI is InChI=1S/C14H17N5S/c1-8-4-12(13(14(15)20)10(3)19-8)18-7-11-6-16-9(2)5-17-11/h4-6H,7H2,1-3H3,(H2,15,20)(H,18,19). The molecule has 0 aliphatic rings. The summed E-state index contributed by atoms with van der Waals surface area (Å²) in [6.07, 6.45) is 3.50. The first-order valence-electron chi connectivity index (χ1n) is 6.27. The summed E-state index contributed by atoms with van der Waals surface area (Å²) >= 11 is 5.10. The van der Waals surface area contributed by atoms with Crippen LogP contribution in [0, 0.1) is 20.8 Å². The third kappa shape index (κ3) is 3.27. The van der Waals surface area contributed by atoms with Crippen molar-refractivity contribution in [2.75, 3.05) is 5.32 Å². The second kappa shape index (κ2) is 5.92. The number of thiocarbonyl (C=S) groups is 1. The summed E-state index contributed by atoms with van der Waals surface area (Å²) in [4.78, 5) is 13.3. The van der Waals surface area contributed by atoms with Gasteiger partial charge >= 0.3 is 0 Å². The van der Waals surface area contributed by atoms with Gasteiger partial charge in [-0.1, -0.05) is 12.2 Å². The molecule has 0 radical (unpaired) electrons. The summed E-state index contributed by atoms with van der Waals surface area (Å²) < 4.78 is 0. The maximum Gasteiger partial charge on any atom is 0.107 e. The fourth-order valence-corrected chi connectivity index (χ4v) is 2.23. The molecule has 5 nitrogen and oxygen atoms in total. The number of aromatic nitrogens is 3. The molecule has 2 heterocycles. The van der Waals surface area contributed by atoms with E-state index in [0.717, 1.165) is 34.0 Å². The number of aryl methyl sites for hydroxylation is 3. The Hall–Kier alpha value is -2.08. The predicted octanol–water partition coefficient (Wildman–Crippen LogP) is 2.04. The van der Waals surface area contributed by atoms with Gasteiger partial charge in [-0.3, -0.25) is 15.0 Å². The highest BCUT2D eigenvalue weighted by molar-refractivity contribution is 7.80. The van der Waals surface area contributed by atoms with Crippen molar-refractivity contribution in [1.29, 1.82) is 0 Å². The fourth-order valence-electron chi connectivity index (χ4n) is 1.98.